The molecule has 0 bridgehead atoms. The number of hydrogen-bond acceptors (Lipinski definition) is 3. The molecule has 0 aliphatic carbocycles. The van der Waals surface area contributed by atoms with E-state index in [1.165, 1.54) is 0 Å². The molecule has 1 heterocycles. The van der Waals surface area contributed by atoms with Gasteiger partial charge >= 0.3 is 5.97 Å². The predicted molar refractivity (Wildman–Crippen MR) is 52.9 cm³/mol. The van der Waals surface area contributed by atoms with Crippen LogP contribution in [0.4, 0.5) is 0 Å². The highest BCUT2D eigenvalue weighted by molar-refractivity contribution is 5.73. The Morgan fingerprint density at radius 3 is 2.93 bits per heavy atom. The lowest BCUT2D eigenvalue weighted by atomic mass is 10.3. The van der Waals surface area contributed by atoms with Gasteiger partial charge in [-0.2, -0.15) is 0 Å². The quantitative estimate of drug-likeness (QED) is 0.686. The van der Waals surface area contributed by atoms with Gasteiger partial charge in [-0.15, -0.1) is 0 Å². The van der Waals surface area contributed by atoms with E-state index in [0.717, 1.165) is 12.2 Å². The molecule has 0 aliphatic rings. The zero-order valence-corrected chi connectivity index (χ0v) is 8.86. The first-order chi connectivity index (χ1) is 6.70. The number of rotatable bonds is 4. The molecule has 78 valence electrons. The van der Waals surface area contributed by atoms with Gasteiger partial charge in [0.15, 0.2) is 0 Å². The third-order valence-corrected chi connectivity index (χ3v) is 2.11. The summed E-state index contributed by atoms with van der Waals surface area (Å²) < 4.78 is 6.78. The minimum Gasteiger partial charge on any atom is -0.464 e. The van der Waals surface area contributed by atoms with Crippen LogP contribution in [0.5, 0.6) is 0 Å². The van der Waals surface area contributed by atoms with Crippen LogP contribution in [0.25, 0.3) is 0 Å². The topological polar surface area (TPSA) is 44.1 Å². The number of nitrogens with zero attached hydrogens (tertiary/aromatic N) is 2. The molecule has 1 atom stereocenters. The van der Waals surface area contributed by atoms with Crippen molar-refractivity contribution in [2.24, 2.45) is 0 Å². The molecule has 1 rings (SSSR count). The van der Waals surface area contributed by atoms with E-state index >= 15 is 0 Å². The van der Waals surface area contributed by atoms with Crippen molar-refractivity contribution >= 4 is 5.97 Å². The van der Waals surface area contributed by atoms with Gasteiger partial charge in [-0.1, -0.05) is 6.92 Å². The predicted octanol–water partition coefficient (Wildman–Crippen LogP) is 1.57. The van der Waals surface area contributed by atoms with Crippen LogP contribution in [0, 0.1) is 0 Å². The van der Waals surface area contributed by atoms with Crippen LogP contribution in [0.2, 0.25) is 0 Å². The van der Waals surface area contributed by atoms with E-state index in [2.05, 4.69) is 4.98 Å². The summed E-state index contributed by atoms with van der Waals surface area (Å²) in [5.41, 5.74) is 0. The number of aromatic nitrogens is 2. The van der Waals surface area contributed by atoms with Crippen LogP contribution in [-0.4, -0.2) is 22.1 Å². The average Bonchev–Trinajstić information content (AvgIpc) is 2.64. The highest BCUT2D eigenvalue weighted by atomic mass is 16.5. The van der Waals surface area contributed by atoms with Crippen molar-refractivity contribution in [2.75, 3.05) is 6.61 Å². The fraction of sp³-hybridized carbons (Fsp3) is 0.600. The molecule has 0 fully saturated rings. The number of esters is 1. The summed E-state index contributed by atoms with van der Waals surface area (Å²) in [5, 5.41) is 0. The van der Waals surface area contributed by atoms with Crippen molar-refractivity contribution in [1.82, 2.24) is 9.55 Å². The Bertz CT molecular complexity index is 307. The standard InChI is InChI=1S/C10H16N2O2/c1-4-9-11-6-7-12(9)8(3)10(13)14-5-2/h6-8H,4-5H2,1-3H3. The summed E-state index contributed by atoms with van der Waals surface area (Å²) in [4.78, 5) is 15.6. The third kappa shape index (κ3) is 2.13. The maximum Gasteiger partial charge on any atom is 0.328 e. The van der Waals surface area contributed by atoms with Crippen LogP contribution >= 0.6 is 0 Å². The number of carbonyl (C=O) groups excluding carboxylic acids is 1. The molecular weight excluding hydrogens is 180 g/mol. The summed E-state index contributed by atoms with van der Waals surface area (Å²) in [6, 6.07) is -0.285. The van der Waals surface area contributed by atoms with Gasteiger partial charge in [-0.3, -0.25) is 0 Å². The lowest BCUT2D eigenvalue weighted by Crippen LogP contribution is -2.20. The molecule has 0 N–H and O–H groups in total. The van der Waals surface area contributed by atoms with Gasteiger partial charge in [0.25, 0.3) is 0 Å². The van der Waals surface area contributed by atoms with E-state index in [1.807, 2.05) is 18.4 Å². The smallest absolute Gasteiger partial charge is 0.328 e. The first-order valence-electron chi connectivity index (χ1n) is 4.89. The second-order valence-corrected chi connectivity index (χ2v) is 3.03. The number of carbonyl (C=O) groups is 1. The molecule has 1 unspecified atom stereocenters. The van der Waals surface area contributed by atoms with Gasteiger partial charge in [0, 0.05) is 18.8 Å². The zero-order valence-electron chi connectivity index (χ0n) is 8.86. The number of aryl methyl sites for hydroxylation is 1. The highest BCUT2D eigenvalue weighted by Crippen LogP contribution is 2.11. The Balaban J connectivity index is 2.77. The molecule has 0 amide bonds. The SMILES string of the molecule is CCOC(=O)C(C)n1ccnc1CC. The molecule has 4 heteroatoms. The van der Waals surface area contributed by atoms with Crippen LogP contribution in [0.3, 0.4) is 0 Å². The lowest BCUT2D eigenvalue weighted by molar-refractivity contribution is -0.146. The molecule has 0 aliphatic heterocycles. The zero-order chi connectivity index (χ0) is 10.6. The van der Waals surface area contributed by atoms with Gasteiger partial charge in [0.05, 0.1) is 6.61 Å². The van der Waals surface area contributed by atoms with Crippen molar-refractivity contribution < 1.29 is 9.53 Å². The monoisotopic (exact) mass is 196 g/mol. The molecule has 4 nitrogen and oxygen atoms in total. The van der Waals surface area contributed by atoms with Crippen LogP contribution in [0.15, 0.2) is 12.4 Å². The Kier molecular flexibility index (Phi) is 3.68. The van der Waals surface area contributed by atoms with Crippen LogP contribution < -0.4 is 0 Å². The number of ether oxygens (including phenoxy) is 1. The average molecular weight is 196 g/mol. The molecule has 0 aromatic carbocycles. The molecule has 0 saturated carbocycles. The van der Waals surface area contributed by atoms with Crippen LogP contribution in [0.1, 0.15) is 32.6 Å². The molecule has 1 aromatic rings. The van der Waals surface area contributed by atoms with Crippen molar-refractivity contribution in [3.05, 3.63) is 18.2 Å². The summed E-state index contributed by atoms with van der Waals surface area (Å²) in [6.45, 7) is 6.05. The molecule has 14 heavy (non-hydrogen) atoms. The van der Waals surface area contributed by atoms with Crippen molar-refractivity contribution in [3.63, 3.8) is 0 Å². The van der Waals surface area contributed by atoms with E-state index in [-0.39, 0.29) is 12.0 Å². The largest absolute Gasteiger partial charge is 0.464 e. The van der Waals surface area contributed by atoms with Gasteiger partial charge in [0.1, 0.15) is 11.9 Å². The van der Waals surface area contributed by atoms with Crippen molar-refractivity contribution in [3.8, 4) is 0 Å². The number of imidazole rings is 1. The van der Waals surface area contributed by atoms with E-state index < -0.39 is 0 Å². The Labute approximate surface area is 83.9 Å². The fourth-order valence-electron chi connectivity index (χ4n) is 1.35. The van der Waals surface area contributed by atoms with Crippen molar-refractivity contribution in [1.29, 1.82) is 0 Å². The molecule has 0 saturated heterocycles. The van der Waals surface area contributed by atoms with Gasteiger partial charge in [-0.25, -0.2) is 9.78 Å². The fourth-order valence-corrected chi connectivity index (χ4v) is 1.35. The van der Waals surface area contributed by atoms with E-state index in [1.54, 1.807) is 19.3 Å². The second-order valence-electron chi connectivity index (χ2n) is 3.03. The molecule has 0 radical (unpaired) electrons. The second kappa shape index (κ2) is 4.79. The first-order valence-corrected chi connectivity index (χ1v) is 4.89. The maximum atomic E-state index is 11.4. The van der Waals surface area contributed by atoms with E-state index in [9.17, 15) is 4.79 Å². The Hall–Kier alpha value is -1.32. The molecular formula is C10H16N2O2. The number of hydrogen-bond donors (Lipinski definition) is 0. The minimum absolute atomic E-state index is 0.208. The van der Waals surface area contributed by atoms with Crippen LogP contribution in [-0.2, 0) is 16.0 Å². The Morgan fingerprint density at radius 2 is 2.36 bits per heavy atom. The Morgan fingerprint density at radius 1 is 1.64 bits per heavy atom. The minimum atomic E-state index is -0.285. The van der Waals surface area contributed by atoms with Crippen molar-refractivity contribution in [2.45, 2.75) is 33.2 Å². The summed E-state index contributed by atoms with van der Waals surface area (Å²) >= 11 is 0. The van der Waals surface area contributed by atoms with Gasteiger partial charge in [0.2, 0.25) is 0 Å². The van der Waals surface area contributed by atoms with E-state index in [4.69, 9.17) is 4.74 Å². The van der Waals surface area contributed by atoms with E-state index in [0.29, 0.717) is 6.61 Å². The normalized spacial score (nSPS) is 12.5. The first kappa shape index (κ1) is 10.8. The molecule has 1 aromatic heterocycles. The summed E-state index contributed by atoms with van der Waals surface area (Å²) in [5.74, 6) is 0.700. The molecule has 0 spiro atoms. The highest BCUT2D eigenvalue weighted by Gasteiger charge is 2.17. The lowest BCUT2D eigenvalue weighted by Gasteiger charge is -2.14. The maximum absolute atomic E-state index is 11.4. The van der Waals surface area contributed by atoms with Gasteiger partial charge in [-0.05, 0) is 13.8 Å². The summed E-state index contributed by atoms with van der Waals surface area (Å²) in [7, 11) is 0. The third-order valence-electron chi connectivity index (χ3n) is 2.11. The summed E-state index contributed by atoms with van der Waals surface area (Å²) in [6.07, 6.45) is 4.33. The van der Waals surface area contributed by atoms with Gasteiger partial charge < -0.3 is 9.30 Å².